The Morgan fingerprint density at radius 3 is 2.47 bits per heavy atom. The highest BCUT2D eigenvalue weighted by molar-refractivity contribution is 5.99. The average Bonchev–Trinajstić information content (AvgIpc) is 2.46. The average molecular weight is 257 g/mol. The van der Waals surface area contributed by atoms with Crippen LogP contribution < -0.4 is 5.32 Å². The number of aliphatic hydroxyl groups excluding tert-OH is 1. The van der Waals surface area contributed by atoms with Crippen molar-refractivity contribution >= 4 is 5.91 Å². The Labute approximate surface area is 111 Å². The molecule has 2 rings (SSSR count). The van der Waals surface area contributed by atoms with Crippen LogP contribution in [0.15, 0.2) is 48.5 Å². The van der Waals surface area contributed by atoms with Gasteiger partial charge in [0.2, 0.25) is 0 Å². The van der Waals surface area contributed by atoms with Crippen LogP contribution in [-0.2, 0) is 0 Å². The van der Waals surface area contributed by atoms with Gasteiger partial charge in [-0.1, -0.05) is 42.5 Å². The molecule has 0 radical (unpaired) electrons. The zero-order valence-corrected chi connectivity index (χ0v) is 10.3. The molecular formula is C15H15NO3. The number of phenols is 1. The number of hydrogen-bond acceptors (Lipinski definition) is 3. The Hall–Kier alpha value is -2.33. The minimum atomic E-state index is -0.399. The van der Waals surface area contributed by atoms with E-state index >= 15 is 0 Å². The molecule has 19 heavy (non-hydrogen) atoms. The van der Waals surface area contributed by atoms with Crippen LogP contribution in [0.3, 0.4) is 0 Å². The molecule has 1 amide bonds. The van der Waals surface area contributed by atoms with Crippen molar-refractivity contribution in [2.75, 3.05) is 13.2 Å². The molecule has 3 N–H and O–H groups in total. The Balaban J connectivity index is 2.36. The van der Waals surface area contributed by atoms with Gasteiger partial charge in [0, 0.05) is 12.1 Å². The Kier molecular flexibility index (Phi) is 4.15. The molecule has 0 unspecified atom stereocenters. The molecule has 0 aliphatic rings. The molecule has 0 saturated heterocycles. The second kappa shape index (κ2) is 6.02. The Morgan fingerprint density at radius 1 is 1.05 bits per heavy atom. The van der Waals surface area contributed by atoms with Gasteiger partial charge in [0.05, 0.1) is 12.2 Å². The van der Waals surface area contributed by atoms with Crippen molar-refractivity contribution in [2.24, 2.45) is 0 Å². The number of aliphatic hydroxyl groups is 1. The van der Waals surface area contributed by atoms with Crippen molar-refractivity contribution in [3.05, 3.63) is 54.1 Å². The summed E-state index contributed by atoms with van der Waals surface area (Å²) in [5, 5.41) is 21.4. The van der Waals surface area contributed by atoms with Crippen molar-refractivity contribution in [1.82, 2.24) is 5.32 Å². The molecule has 0 aromatic heterocycles. The van der Waals surface area contributed by atoms with E-state index in [1.807, 2.05) is 30.3 Å². The predicted molar refractivity (Wildman–Crippen MR) is 73.0 cm³/mol. The van der Waals surface area contributed by atoms with Crippen molar-refractivity contribution in [2.45, 2.75) is 0 Å². The standard InChI is InChI=1S/C15H15NO3/c17-10-9-16-15(19)13-8-4-7-12(14(13)18)11-5-2-1-3-6-11/h1-8,17-18H,9-10H2,(H,16,19). The summed E-state index contributed by atoms with van der Waals surface area (Å²) in [6, 6.07) is 14.4. The second-order valence-electron chi connectivity index (χ2n) is 4.05. The van der Waals surface area contributed by atoms with Crippen LogP contribution in [0.4, 0.5) is 0 Å². The number of benzene rings is 2. The number of carbonyl (C=O) groups is 1. The predicted octanol–water partition coefficient (Wildman–Crippen LogP) is 1.78. The second-order valence-corrected chi connectivity index (χ2v) is 4.05. The van der Waals surface area contributed by atoms with Gasteiger partial charge in [-0.3, -0.25) is 4.79 Å². The van der Waals surface area contributed by atoms with E-state index in [-0.39, 0.29) is 24.5 Å². The molecule has 0 atom stereocenters. The number of aromatic hydroxyl groups is 1. The van der Waals surface area contributed by atoms with E-state index in [2.05, 4.69) is 5.32 Å². The summed E-state index contributed by atoms with van der Waals surface area (Å²) in [5.74, 6) is -0.450. The number of amides is 1. The number of nitrogens with one attached hydrogen (secondary N) is 1. The molecule has 0 bridgehead atoms. The van der Waals surface area contributed by atoms with E-state index in [1.165, 1.54) is 0 Å². The first kappa shape index (κ1) is 13.1. The van der Waals surface area contributed by atoms with Crippen LogP contribution in [0.5, 0.6) is 5.75 Å². The van der Waals surface area contributed by atoms with Gasteiger partial charge in [-0.25, -0.2) is 0 Å². The molecule has 0 aliphatic heterocycles. The number of para-hydroxylation sites is 1. The van der Waals surface area contributed by atoms with Crippen molar-refractivity contribution < 1.29 is 15.0 Å². The van der Waals surface area contributed by atoms with E-state index in [0.29, 0.717) is 5.56 Å². The van der Waals surface area contributed by atoms with Crippen LogP contribution in [0, 0.1) is 0 Å². The normalized spacial score (nSPS) is 10.2. The Morgan fingerprint density at radius 2 is 1.79 bits per heavy atom. The molecule has 98 valence electrons. The minimum absolute atomic E-state index is 0.0517. The highest BCUT2D eigenvalue weighted by Gasteiger charge is 2.14. The molecule has 2 aromatic rings. The molecular weight excluding hydrogens is 242 g/mol. The zero-order chi connectivity index (χ0) is 13.7. The number of hydrogen-bond donors (Lipinski definition) is 3. The summed E-state index contributed by atoms with van der Waals surface area (Å²) in [6.45, 7) is 0.0265. The maximum Gasteiger partial charge on any atom is 0.255 e. The maximum atomic E-state index is 11.8. The first-order valence-electron chi connectivity index (χ1n) is 6.00. The van der Waals surface area contributed by atoms with Crippen molar-refractivity contribution in [1.29, 1.82) is 0 Å². The summed E-state index contributed by atoms with van der Waals surface area (Å²) < 4.78 is 0. The van der Waals surface area contributed by atoms with E-state index in [4.69, 9.17) is 5.11 Å². The lowest BCUT2D eigenvalue weighted by Gasteiger charge is -2.10. The summed E-state index contributed by atoms with van der Waals surface area (Å²) in [4.78, 5) is 11.8. The number of carbonyl (C=O) groups excluding carboxylic acids is 1. The smallest absolute Gasteiger partial charge is 0.255 e. The highest BCUT2D eigenvalue weighted by atomic mass is 16.3. The van der Waals surface area contributed by atoms with E-state index in [0.717, 1.165) is 5.56 Å². The lowest BCUT2D eigenvalue weighted by Crippen LogP contribution is -2.26. The summed E-state index contributed by atoms with van der Waals surface area (Å²) >= 11 is 0. The highest BCUT2D eigenvalue weighted by Crippen LogP contribution is 2.31. The van der Waals surface area contributed by atoms with Gasteiger partial charge in [0.25, 0.3) is 5.91 Å². The third-order valence-electron chi connectivity index (χ3n) is 2.76. The van der Waals surface area contributed by atoms with Gasteiger partial charge in [-0.05, 0) is 11.6 Å². The maximum absolute atomic E-state index is 11.8. The SMILES string of the molecule is O=C(NCCO)c1cccc(-c2ccccc2)c1O. The number of phenolic OH excluding ortho intramolecular Hbond substituents is 1. The van der Waals surface area contributed by atoms with Crippen LogP contribution in [0.2, 0.25) is 0 Å². The molecule has 0 aliphatic carbocycles. The lowest BCUT2D eigenvalue weighted by molar-refractivity contribution is 0.0942. The molecule has 4 heteroatoms. The summed E-state index contributed by atoms with van der Waals surface area (Å²) in [6.07, 6.45) is 0. The molecule has 0 heterocycles. The fourth-order valence-corrected chi connectivity index (χ4v) is 1.84. The van der Waals surface area contributed by atoms with Gasteiger partial charge in [0.15, 0.2) is 0 Å². The fraction of sp³-hybridized carbons (Fsp3) is 0.133. The van der Waals surface area contributed by atoms with Gasteiger partial charge >= 0.3 is 0 Å². The van der Waals surface area contributed by atoms with Crippen LogP contribution in [-0.4, -0.2) is 29.3 Å². The molecule has 2 aromatic carbocycles. The minimum Gasteiger partial charge on any atom is -0.506 e. The quantitative estimate of drug-likeness (QED) is 0.782. The van der Waals surface area contributed by atoms with E-state index < -0.39 is 5.91 Å². The van der Waals surface area contributed by atoms with E-state index in [1.54, 1.807) is 18.2 Å². The summed E-state index contributed by atoms with van der Waals surface area (Å²) in [7, 11) is 0. The van der Waals surface area contributed by atoms with Crippen LogP contribution >= 0.6 is 0 Å². The van der Waals surface area contributed by atoms with E-state index in [9.17, 15) is 9.90 Å². The third kappa shape index (κ3) is 2.92. The van der Waals surface area contributed by atoms with Gasteiger partial charge < -0.3 is 15.5 Å². The van der Waals surface area contributed by atoms with Gasteiger partial charge in [-0.2, -0.15) is 0 Å². The largest absolute Gasteiger partial charge is 0.506 e. The summed E-state index contributed by atoms with van der Waals surface area (Å²) in [5.41, 5.74) is 1.66. The lowest BCUT2D eigenvalue weighted by atomic mass is 10.0. The number of rotatable bonds is 4. The van der Waals surface area contributed by atoms with Gasteiger partial charge in [0.1, 0.15) is 5.75 Å². The molecule has 0 saturated carbocycles. The first-order chi connectivity index (χ1) is 9.24. The van der Waals surface area contributed by atoms with Crippen LogP contribution in [0.25, 0.3) is 11.1 Å². The van der Waals surface area contributed by atoms with Crippen molar-refractivity contribution in [3.63, 3.8) is 0 Å². The Bertz CT molecular complexity index is 567. The first-order valence-corrected chi connectivity index (χ1v) is 6.00. The third-order valence-corrected chi connectivity index (χ3v) is 2.76. The molecule has 0 fully saturated rings. The monoisotopic (exact) mass is 257 g/mol. The molecule has 4 nitrogen and oxygen atoms in total. The zero-order valence-electron chi connectivity index (χ0n) is 10.3. The van der Waals surface area contributed by atoms with Gasteiger partial charge in [-0.15, -0.1) is 0 Å². The van der Waals surface area contributed by atoms with Crippen LogP contribution in [0.1, 0.15) is 10.4 Å². The topological polar surface area (TPSA) is 69.6 Å². The fourth-order valence-electron chi connectivity index (χ4n) is 1.84. The molecule has 0 spiro atoms. The van der Waals surface area contributed by atoms with Crippen molar-refractivity contribution in [3.8, 4) is 16.9 Å².